The van der Waals surface area contributed by atoms with Gasteiger partial charge in [0, 0.05) is 55.9 Å². The Bertz CT molecular complexity index is 1080. The second-order valence-corrected chi connectivity index (χ2v) is 7.62. The molecule has 8 nitrogen and oxygen atoms in total. The quantitative estimate of drug-likeness (QED) is 0.678. The van der Waals surface area contributed by atoms with Crippen LogP contribution in [0.15, 0.2) is 53.4 Å². The Hall–Kier alpha value is -3.42. The van der Waals surface area contributed by atoms with Crippen LogP contribution in [0.1, 0.15) is 26.2 Å². The molecule has 156 valence electrons. The fourth-order valence-electron chi connectivity index (χ4n) is 3.80. The summed E-state index contributed by atoms with van der Waals surface area (Å²) >= 11 is 0. The average Bonchev–Trinajstić information content (AvgIpc) is 3.17. The van der Waals surface area contributed by atoms with Gasteiger partial charge in [0.05, 0.1) is 0 Å². The van der Waals surface area contributed by atoms with E-state index in [4.69, 9.17) is 10.7 Å². The summed E-state index contributed by atoms with van der Waals surface area (Å²) in [5, 5.41) is 8.11. The van der Waals surface area contributed by atoms with E-state index < -0.39 is 0 Å². The van der Waals surface area contributed by atoms with Crippen molar-refractivity contribution in [3.05, 3.63) is 48.4 Å². The first-order valence-corrected chi connectivity index (χ1v) is 10.3. The van der Waals surface area contributed by atoms with Gasteiger partial charge in [0.1, 0.15) is 5.82 Å². The lowest BCUT2D eigenvalue weighted by atomic mass is 9.89. The number of aromatic nitrogens is 4. The Kier molecular flexibility index (Phi) is 5.65. The van der Waals surface area contributed by atoms with Gasteiger partial charge in [0.25, 0.3) is 0 Å². The van der Waals surface area contributed by atoms with Crippen LogP contribution in [0.5, 0.6) is 0 Å². The summed E-state index contributed by atoms with van der Waals surface area (Å²) in [4.78, 5) is 15.8. The molecule has 0 radical (unpaired) electrons. The summed E-state index contributed by atoms with van der Waals surface area (Å²) in [5.74, 6) is 1.54. The summed E-state index contributed by atoms with van der Waals surface area (Å²) in [6, 6.07) is 8.32. The zero-order valence-corrected chi connectivity index (χ0v) is 17.7. The molecule has 0 aliphatic heterocycles. The van der Waals surface area contributed by atoms with Gasteiger partial charge in [-0.3, -0.25) is 4.99 Å². The molecule has 1 saturated carbocycles. The number of nitrogens with two attached hydrogens (primary N) is 1. The maximum Gasteiger partial charge on any atom is 0.243 e. The van der Waals surface area contributed by atoms with Crippen molar-refractivity contribution >= 4 is 23.1 Å². The first-order chi connectivity index (χ1) is 14.6. The standard InChI is InChI=1S/C22H28N8/c1-4-24-19-9-8-17(12-16(19)13-23)26-22-27-21-18(6-5-11-30(21)28-22)15-7-10-20(25-14-15)29(2)3/h5-7,10-11,13-14,17H,4,8-9,12,23H2,1-3H3,(H,26,28). The van der Waals surface area contributed by atoms with E-state index in [1.165, 1.54) is 0 Å². The van der Waals surface area contributed by atoms with E-state index in [2.05, 4.69) is 26.5 Å². The predicted octanol–water partition coefficient (Wildman–Crippen LogP) is 3.13. The molecule has 0 bridgehead atoms. The van der Waals surface area contributed by atoms with Gasteiger partial charge < -0.3 is 16.0 Å². The third-order valence-corrected chi connectivity index (χ3v) is 5.33. The molecule has 0 aromatic carbocycles. The first kappa shape index (κ1) is 19.9. The number of anilines is 2. The molecule has 1 aliphatic rings. The molecule has 8 heteroatoms. The van der Waals surface area contributed by atoms with Crippen LogP contribution in [0.25, 0.3) is 16.8 Å². The van der Waals surface area contributed by atoms with Gasteiger partial charge >= 0.3 is 0 Å². The molecule has 0 amide bonds. The third-order valence-electron chi connectivity index (χ3n) is 5.33. The van der Waals surface area contributed by atoms with Crippen molar-refractivity contribution in [1.82, 2.24) is 19.6 Å². The zero-order chi connectivity index (χ0) is 21.1. The topological polar surface area (TPSA) is 96.7 Å². The molecule has 1 fully saturated rings. The monoisotopic (exact) mass is 404 g/mol. The highest BCUT2D eigenvalue weighted by atomic mass is 15.3. The van der Waals surface area contributed by atoms with Gasteiger partial charge in [-0.15, -0.1) is 5.10 Å². The highest BCUT2D eigenvalue weighted by Gasteiger charge is 2.23. The molecule has 3 N–H and O–H groups in total. The second-order valence-electron chi connectivity index (χ2n) is 7.62. The molecule has 0 saturated heterocycles. The van der Waals surface area contributed by atoms with Gasteiger partial charge in [0.2, 0.25) is 5.95 Å². The molecule has 1 aliphatic carbocycles. The minimum atomic E-state index is 0.234. The number of hydrogen-bond acceptors (Lipinski definition) is 7. The lowest BCUT2D eigenvalue weighted by Gasteiger charge is -2.25. The van der Waals surface area contributed by atoms with E-state index in [9.17, 15) is 0 Å². The summed E-state index contributed by atoms with van der Waals surface area (Å²) < 4.78 is 1.81. The maximum atomic E-state index is 5.84. The number of pyridine rings is 2. The number of fused-ring (bicyclic) bond motifs is 1. The Balaban J connectivity index is 1.57. The van der Waals surface area contributed by atoms with Crippen molar-refractivity contribution in [2.75, 3.05) is 30.9 Å². The van der Waals surface area contributed by atoms with Crippen LogP contribution in [-0.4, -0.2) is 52.0 Å². The molecular formula is C22H28N8. The minimum absolute atomic E-state index is 0.234. The summed E-state index contributed by atoms with van der Waals surface area (Å²) in [5.41, 5.74) is 10.9. The number of aliphatic imine (C=N–C) groups is 1. The van der Waals surface area contributed by atoms with Crippen molar-refractivity contribution in [3.63, 3.8) is 0 Å². The van der Waals surface area contributed by atoms with Crippen LogP contribution in [0.3, 0.4) is 0 Å². The van der Waals surface area contributed by atoms with E-state index in [0.717, 1.165) is 59.7 Å². The summed E-state index contributed by atoms with van der Waals surface area (Å²) in [6.45, 7) is 2.83. The van der Waals surface area contributed by atoms with Crippen LogP contribution >= 0.6 is 0 Å². The van der Waals surface area contributed by atoms with Gasteiger partial charge in [-0.2, -0.15) is 4.98 Å². The van der Waals surface area contributed by atoms with Gasteiger partial charge in [0.15, 0.2) is 5.65 Å². The van der Waals surface area contributed by atoms with Crippen molar-refractivity contribution in [3.8, 4) is 11.1 Å². The Morgan fingerprint density at radius 3 is 2.90 bits per heavy atom. The normalized spacial score (nSPS) is 19.5. The van der Waals surface area contributed by atoms with Crippen LogP contribution in [-0.2, 0) is 0 Å². The number of nitrogens with one attached hydrogen (secondary N) is 1. The maximum absolute atomic E-state index is 5.84. The van der Waals surface area contributed by atoms with Crippen molar-refractivity contribution in [2.24, 2.45) is 10.7 Å². The average molecular weight is 405 g/mol. The van der Waals surface area contributed by atoms with E-state index >= 15 is 0 Å². The zero-order valence-electron chi connectivity index (χ0n) is 17.7. The van der Waals surface area contributed by atoms with Crippen molar-refractivity contribution in [2.45, 2.75) is 32.2 Å². The molecule has 3 heterocycles. The van der Waals surface area contributed by atoms with Crippen LogP contribution in [0.4, 0.5) is 11.8 Å². The fourth-order valence-corrected chi connectivity index (χ4v) is 3.80. The molecular weight excluding hydrogens is 376 g/mol. The van der Waals surface area contributed by atoms with Gasteiger partial charge in [-0.1, -0.05) is 0 Å². The smallest absolute Gasteiger partial charge is 0.243 e. The predicted molar refractivity (Wildman–Crippen MR) is 122 cm³/mol. The Labute approximate surface area is 176 Å². The second kappa shape index (κ2) is 8.52. The largest absolute Gasteiger partial charge is 0.404 e. The van der Waals surface area contributed by atoms with Crippen molar-refractivity contribution in [1.29, 1.82) is 0 Å². The lowest BCUT2D eigenvalue weighted by Crippen LogP contribution is -2.29. The number of hydrogen-bond donors (Lipinski definition) is 2. The van der Waals surface area contributed by atoms with E-state index in [-0.39, 0.29) is 6.04 Å². The van der Waals surface area contributed by atoms with Crippen LogP contribution < -0.4 is 16.0 Å². The Morgan fingerprint density at radius 2 is 2.20 bits per heavy atom. The fraction of sp³-hybridized carbons (Fsp3) is 0.364. The third kappa shape index (κ3) is 3.98. The molecule has 3 aromatic rings. The van der Waals surface area contributed by atoms with E-state index in [0.29, 0.717) is 5.95 Å². The highest BCUT2D eigenvalue weighted by molar-refractivity contribution is 6.01. The van der Waals surface area contributed by atoms with Crippen LogP contribution in [0.2, 0.25) is 0 Å². The number of rotatable bonds is 5. The number of nitrogens with zero attached hydrogens (tertiary/aromatic N) is 6. The summed E-state index contributed by atoms with van der Waals surface area (Å²) in [7, 11) is 3.96. The molecule has 1 atom stereocenters. The van der Waals surface area contributed by atoms with Crippen LogP contribution in [0, 0.1) is 0 Å². The molecule has 3 aromatic heterocycles. The Morgan fingerprint density at radius 1 is 1.33 bits per heavy atom. The van der Waals surface area contributed by atoms with E-state index in [1.54, 1.807) is 6.20 Å². The highest BCUT2D eigenvalue weighted by Crippen LogP contribution is 2.27. The summed E-state index contributed by atoms with van der Waals surface area (Å²) in [6.07, 6.45) is 8.19. The SMILES string of the molecule is CCN=C1CCC(Nc2nc3c(-c4ccc(N(C)C)nc4)cccn3n2)CC1=CN. The molecule has 1 unspecified atom stereocenters. The van der Waals surface area contributed by atoms with E-state index in [1.807, 2.05) is 61.0 Å². The van der Waals surface area contributed by atoms with Gasteiger partial charge in [-0.05, 0) is 62.2 Å². The first-order valence-electron chi connectivity index (χ1n) is 10.3. The molecule has 4 rings (SSSR count). The van der Waals surface area contributed by atoms with Crippen molar-refractivity contribution < 1.29 is 0 Å². The molecule has 0 spiro atoms. The molecule has 30 heavy (non-hydrogen) atoms. The van der Waals surface area contributed by atoms with Gasteiger partial charge in [-0.25, -0.2) is 9.50 Å². The minimum Gasteiger partial charge on any atom is -0.404 e. The lowest BCUT2D eigenvalue weighted by molar-refractivity contribution is 0.637.